The number of amides is 1. The Bertz CT molecular complexity index is 891. The van der Waals surface area contributed by atoms with Crippen LogP contribution in [0.15, 0.2) is 35.3 Å². The van der Waals surface area contributed by atoms with Crippen LogP contribution in [-0.4, -0.2) is 32.6 Å². The van der Waals surface area contributed by atoms with E-state index in [1.165, 1.54) is 14.2 Å². The van der Waals surface area contributed by atoms with E-state index in [0.29, 0.717) is 17.6 Å². The predicted octanol–water partition coefficient (Wildman–Crippen LogP) is 2.16. The summed E-state index contributed by atoms with van der Waals surface area (Å²) in [6.07, 6.45) is 0. The lowest BCUT2D eigenvalue weighted by Crippen LogP contribution is -2.38. The number of nitrogens with zero attached hydrogens (tertiary/aromatic N) is 1. The molecule has 150 valence electrons. The normalized spacial score (nSPS) is 11.1. The molecule has 28 heavy (non-hydrogen) atoms. The minimum Gasteiger partial charge on any atom is -0.493 e. The number of hydrogen-bond acceptors (Lipinski definition) is 4. The van der Waals surface area contributed by atoms with E-state index in [2.05, 4.69) is 15.6 Å². The van der Waals surface area contributed by atoms with Gasteiger partial charge in [0.15, 0.2) is 34.9 Å². The first-order valence-electron chi connectivity index (χ1n) is 8.03. The van der Waals surface area contributed by atoms with E-state index in [1.807, 2.05) is 0 Å². The lowest BCUT2D eigenvalue weighted by atomic mass is 10.2. The Labute approximate surface area is 159 Å². The zero-order valence-electron chi connectivity index (χ0n) is 15.2. The van der Waals surface area contributed by atoms with E-state index in [9.17, 15) is 18.0 Å². The van der Waals surface area contributed by atoms with E-state index in [4.69, 9.17) is 15.2 Å². The molecule has 0 aliphatic carbocycles. The minimum atomic E-state index is -1.67. The number of aliphatic imine (C=N–C) groups is 1. The van der Waals surface area contributed by atoms with Gasteiger partial charge in [-0.05, 0) is 29.8 Å². The van der Waals surface area contributed by atoms with Gasteiger partial charge in [-0.3, -0.25) is 4.79 Å². The second-order valence-corrected chi connectivity index (χ2v) is 5.52. The van der Waals surface area contributed by atoms with Crippen molar-refractivity contribution in [2.75, 3.05) is 26.1 Å². The number of guanidine groups is 1. The zero-order valence-corrected chi connectivity index (χ0v) is 15.2. The molecule has 4 N–H and O–H groups in total. The van der Waals surface area contributed by atoms with Crippen LogP contribution in [0.2, 0.25) is 0 Å². The van der Waals surface area contributed by atoms with Crippen LogP contribution in [0.1, 0.15) is 5.56 Å². The first kappa shape index (κ1) is 20.9. The molecular weight excluding hydrogens is 377 g/mol. The van der Waals surface area contributed by atoms with E-state index >= 15 is 0 Å². The van der Waals surface area contributed by atoms with E-state index < -0.39 is 29.0 Å². The number of nitrogens with one attached hydrogen (secondary N) is 2. The Morgan fingerprint density at radius 2 is 1.79 bits per heavy atom. The lowest BCUT2D eigenvalue weighted by molar-refractivity contribution is -0.115. The molecule has 0 aliphatic heterocycles. The summed E-state index contributed by atoms with van der Waals surface area (Å²) in [5.41, 5.74) is 5.99. The third-order valence-electron chi connectivity index (χ3n) is 3.62. The van der Waals surface area contributed by atoms with Gasteiger partial charge in [-0.25, -0.2) is 18.2 Å². The van der Waals surface area contributed by atoms with E-state index in [-0.39, 0.29) is 19.0 Å². The Balaban J connectivity index is 1.90. The monoisotopic (exact) mass is 396 g/mol. The van der Waals surface area contributed by atoms with E-state index in [1.54, 1.807) is 18.2 Å². The predicted molar refractivity (Wildman–Crippen MR) is 97.8 cm³/mol. The number of nitrogens with two attached hydrogens (primary N) is 1. The fraction of sp³-hybridized carbons (Fsp3) is 0.222. The van der Waals surface area contributed by atoms with Gasteiger partial charge in [-0.15, -0.1) is 0 Å². The molecule has 0 heterocycles. The molecule has 2 aromatic rings. The minimum absolute atomic E-state index is 0.0318. The van der Waals surface area contributed by atoms with Crippen molar-refractivity contribution in [2.45, 2.75) is 6.54 Å². The van der Waals surface area contributed by atoms with Crippen molar-refractivity contribution >= 4 is 17.6 Å². The SMILES string of the molecule is COc1ccc(CN=C(N)NCC(=O)Nc2ccc(F)c(F)c2F)cc1OC. The second kappa shape index (κ2) is 9.49. The van der Waals surface area contributed by atoms with Crippen LogP contribution in [0.4, 0.5) is 18.9 Å². The summed E-state index contributed by atoms with van der Waals surface area (Å²) < 4.78 is 49.9. The number of halogens is 3. The molecular formula is C18H19F3N4O3. The molecule has 0 aliphatic rings. The molecule has 2 aromatic carbocycles. The molecule has 0 bridgehead atoms. The van der Waals surface area contributed by atoms with Gasteiger partial charge in [0.25, 0.3) is 0 Å². The van der Waals surface area contributed by atoms with Gasteiger partial charge in [0.2, 0.25) is 5.91 Å². The van der Waals surface area contributed by atoms with Crippen molar-refractivity contribution in [3.63, 3.8) is 0 Å². The van der Waals surface area contributed by atoms with Crippen LogP contribution in [0.5, 0.6) is 11.5 Å². The molecule has 0 saturated carbocycles. The average molecular weight is 396 g/mol. The van der Waals surface area contributed by atoms with Gasteiger partial charge in [0.05, 0.1) is 33.0 Å². The maximum atomic E-state index is 13.5. The number of carbonyl (C=O) groups excluding carboxylic acids is 1. The summed E-state index contributed by atoms with van der Waals surface area (Å²) in [4.78, 5) is 15.9. The first-order valence-corrected chi connectivity index (χ1v) is 8.03. The summed E-state index contributed by atoms with van der Waals surface area (Å²) in [5.74, 6) is -4.13. The fourth-order valence-electron chi connectivity index (χ4n) is 2.20. The lowest BCUT2D eigenvalue weighted by Gasteiger charge is -2.10. The largest absolute Gasteiger partial charge is 0.493 e. The molecule has 7 nitrogen and oxygen atoms in total. The van der Waals surface area contributed by atoms with Crippen LogP contribution < -0.4 is 25.8 Å². The van der Waals surface area contributed by atoms with Crippen molar-refractivity contribution in [3.8, 4) is 11.5 Å². The van der Waals surface area contributed by atoms with E-state index in [0.717, 1.165) is 11.6 Å². The number of methoxy groups -OCH3 is 2. The smallest absolute Gasteiger partial charge is 0.243 e. The molecule has 0 aromatic heterocycles. The molecule has 2 rings (SSSR count). The molecule has 0 fully saturated rings. The quantitative estimate of drug-likeness (QED) is 0.379. The Hall–Kier alpha value is -3.43. The molecule has 0 radical (unpaired) electrons. The van der Waals surface area contributed by atoms with Crippen LogP contribution in [0, 0.1) is 17.5 Å². The molecule has 10 heteroatoms. The standard InChI is InChI=1S/C18H19F3N4O3/c1-27-13-6-3-10(7-14(13)28-2)8-23-18(22)24-9-15(26)25-12-5-4-11(19)16(20)17(12)21/h3-7H,8-9H2,1-2H3,(H,25,26)(H3,22,23,24). The zero-order chi connectivity index (χ0) is 20.7. The first-order chi connectivity index (χ1) is 13.3. The third kappa shape index (κ3) is 5.29. The van der Waals surface area contributed by atoms with Crippen molar-refractivity contribution in [2.24, 2.45) is 10.7 Å². The van der Waals surface area contributed by atoms with Crippen LogP contribution >= 0.6 is 0 Å². The van der Waals surface area contributed by atoms with Crippen molar-refractivity contribution < 1.29 is 27.4 Å². The van der Waals surface area contributed by atoms with Crippen molar-refractivity contribution in [1.29, 1.82) is 0 Å². The highest BCUT2D eigenvalue weighted by molar-refractivity contribution is 5.94. The summed E-state index contributed by atoms with van der Waals surface area (Å²) in [6.45, 7) is -0.141. The van der Waals surface area contributed by atoms with Gasteiger partial charge in [0.1, 0.15) is 0 Å². The second-order valence-electron chi connectivity index (χ2n) is 5.52. The van der Waals surface area contributed by atoms with Gasteiger partial charge in [0, 0.05) is 0 Å². The number of benzene rings is 2. The number of anilines is 1. The van der Waals surface area contributed by atoms with Crippen LogP contribution in [0.3, 0.4) is 0 Å². The fourth-order valence-corrected chi connectivity index (χ4v) is 2.20. The number of hydrogen-bond donors (Lipinski definition) is 3. The molecule has 0 unspecified atom stereocenters. The van der Waals surface area contributed by atoms with Gasteiger partial charge < -0.3 is 25.8 Å². The highest BCUT2D eigenvalue weighted by Crippen LogP contribution is 2.27. The summed E-state index contributed by atoms with van der Waals surface area (Å²) in [5, 5.41) is 4.65. The highest BCUT2D eigenvalue weighted by Gasteiger charge is 2.15. The Morgan fingerprint density at radius 3 is 2.46 bits per heavy atom. The summed E-state index contributed by atoms with van der Waals surface area (Å²) in [6, 6.07) is 6.85. The summed E-state index contributed by atoms with van der Waals surface area (Å²) in [7, 11) is 3.03. The Kier molecular flexibility index (Phi) is 7.08. The van der Waals surface area contributed by atoms with Crippen molar-refractivity contribution in [3.05, 3.63) is 53.3 Å². The van der Waals surface area contributed by atoms with Gasteiger partial charge in [-0.2, -0.15) is 0 Å². The highest BCUT2D eigenvalue weighted by atomic mass is 19.2. The van der Waals surface area contributed by atoms with Crippen LogP contribution in [0.25, 0.3) is 0 Å². The third-order valence-corrected chi connectivity index (χ3v) is 3.62. The molecule has 1 amide bonds. The number of carbonyl (C=O) groups is 1. The van der Waals surface area contributed by atoms with Gasteiger partial charge in [-0.1, -0.05) is 6.07 Å². The number of rotatable bonds is 7. The van der Waals surface area contributed by atoms with Crippen molar-refractivity contribution in [1.82, 2.24) is 5.32 Å². The molecule has 0 saturated heterocycles. The van der Waals surface area contributed by atoms with Crippen LogP contribution in [-0.2, 0) is 11.3 Å². The maximum absolute atomic E-state index is 13.5. The topological polar surface area (TPSA) is 98.0 Å². The number of ether oxygens (including phenoxy) is 2. The molecule has 0 atom stereocenters. The maximum Gasteiger partial charge on any atom is 0.243 e. The van der Waals surface area contributed by atoms with Gasteiger partial charge >= 0.3 is 0 Å². The summed E-state index contributed by atoms with van der Waals surface area (Å²) >= 11 is 0. The Morgan fingerprint density at radius 1 is 1.07 bits per heavy atom. The molecule has 0 spiro atoms. The average Bonchev–Trinajstić information content (AvgIpc) is 2.70.